The van der Waals surface area contributed by atoms with Gasteiger partial charge in [-0.25, -0.2) is 0 Å². The van der Waals surface area contributed by atoms with Crippen molar-refractivity contribution in [3.63, 3.8) is 0 Å². The zero-order chi connectivity index (χ0) is 17.3. The van der Waals surface area contributed by atoms with Crippen LogP contribution in [-0.2, 0) is 25.0 Å². The Balaban J connectivity index is 2.82. The molecule has 0 unspecified atom stereocenters. The van der Waals surface area contributed by atoms with Gasteiger partial charge in [-0.2, -0.15) is 16.8 Å². The fraction of sp³-hybridized carbons (Fsp3) is 0. The summed E-state index contributed by atoms with van der Waals surface area (Å²) in [5, 5.41) is 2.22. The average molecular weight is 357 g/mol. The van der Waals surface area contributed by atoms with Gasteiger partial charge in [0.05, 0.1) is 0 Å². The van der Waals surface area contributed by atoms with Crippen molar-refractivity contribution in [2.24, 2.45) is 0 Å². The normalized spacial score (nSPS) is 11.9. The quantitative estimate of drug-likeness (QED) is 0.543. The second-order valence-corrected chi connectivity index (χ2v) is 7.20. The topological polar surface area (TPSA) is 138 Å². The van der Waals surface area contributed by atoms with Crippen molar-refractivity contribution in [1.29, 1.82) is 0 Å². The molecule has 1 amide bonds. The minimum Gasteiger partial charge on any atom is -0.329 e. The maximum absolute atomic E-state index is 11.6. The van der Waals surface area contributed by atoms with Crippen molar-refractivity contribution in [2.45, 2.75) is 9.79 Å². The van der Waals surface area contributed by atoms with Gasteiger partial charge < -0.3 is 5.32 Å². The second-order valence-electron chi connectivity index (χ2n) is 4.42. The molecule has 10 heteroatoms. The van der Waals surface area contributed by atoms with E-state index in [0.717, 1.165) is 12.1 Å². The van der Waals surface area contributed by atoms with Crippen LogP contribution in [0.1, 0.15) is 0 Å². The number of hydrogen-bond acceptors (Lipinski definition) is 5. The molecule has 0 atom stereocenters. The molecule has 0 aliphatic heterocycles. The third-order valence-electron chi connectivity index (χ3n) is 2.94. The smallest absolute Gasteiger partial charge is 0.295 e. The maximum atomic E-state index is 11.6. The highest BCUT2D eigenvalue weighted by atomic mass is 32.2. The molecular weight excluding hydrogens is 346 g/mol. The first-order valence-corrected chi connectivity index (χ1v) is 8.91. The summed E-state index contributed by atoms with van der Waals surface area (Å²) in [6.45, 7) is 0. The molecule has 0 spiro atoms. The molecule has 2 aromatic carbocycles. The molecule has 0 radical (unpaired) electrons. The van der Waals surface area contributed by atoms with Crippen LogP contribution in [0.5, 0.6) is 0 Å². The molecular formula is C13H11NO7S2. The fourth-order valence-electron chi connectivity index (χ4n) is 2.03. The first kappa shape index (κ1) is 17.1. The number of rotatable bonds is 5. The van der Waals surface area contributed by atoms with E-state index in [4.69, 9.17) is 0 Å². The molecule has 0 fully saturated rings. The predicted molar refractivity (Wildman–Crippen MR) is 81.2 cm³/mol. The first-order chi connectivity index (χ1) is 10.6. The highest BCUT2D eigenvalue weighted by molar-refractivity contribution is 7.86. The van der Waals surface area contributed by atoms with Crippen LogP contribution in [-0.4, -0.2) is 32.4 Å². The Morgan fingerprint density at radius 3 is 1.96 bits per heavy atom. The lowest BCUT2D eigenvalue weighted by Crippen LogP contribution is -2.06. The van der Waals surface area contributed by atoms with E-state index in [1.807, 2.05) is 0 Å². The highest BCUT2D eigenvalue weighted by Gasteiger charge is 2.23. The van der Waals surface area contributed by atoms with Crippen molar-refractivity contribution in [2.75, 3.05) is 5.32 Å². The monoisotopic (exact) mass is 357 g/mol. The van der Waals surface area contributed by atoms with Gasteiger partial charge in [0.1, 0.15) is 9.79 Å². The summed E-state index contributed by atoms with van der Waals surface area (Å²) in [4.78, 5) is 9.32. The molecule has 0 saturated heterocycles. The molecule has 0 aliphatic carbocycles. The molecule has 0 bridgehead atoms. The van der Waals surface area contributed by atoms with Crippen molar-refractivity contribution in [1.82, 2.24) is 0 Å². The van der Waals surface area contributed by atoms with Crippen LogP contribution in [0.25, 0.3) is 11.1 Å². The van der Waals surface area contributed by atoms with Gasteiger partial charge in [0, 0.05) is 16.8 Å². The van der Waals surface area contributed by atoms with E-state index in [9.17, 15) is 30.7 Å². The van der Waals surface area contributed by atoms with Crippen LogP contribution in [0.2, 0.25) is 0 Å². The largest absolute Gasteiger partial charge is 0.329 e. The Morgan fingerprint density at radius 1 is 0.826 bits per heavy atom. The fourth-order valence-corrected chi connectivity index (χ4v) is 3.47. The first-order valence-electron chi connectivity index (χ1n) is 6.03. The second kappa shape index (κ2) is 6.08. The van der Waals surface area contributed by atoms with E-state index in [1.54, 1.807) is 0 Å². The van der Waals surface area contributed by atoms with E-state index >= 15 is 0 Å². The summed E-state index contributed by atoms with van der Waals surface area (Å²) in [5.74, 6) is 0. The van der Waals surface area contributed by atoms with Crippen LogP contribution in [0.3, 0.4) is 0 Å². The summed E-state index contributed by atoms with van der Waals surface area (Å²) in [7, 11) is -9.33. The zero-order valence-corrected chi connectivity index (χ0v) is 13.0. The molecule has 3 N–H and O–H groups in total. The van der Waals surface area contributed by atoms with E-state index in [1.165, 1.54) is 30.3 Å². The van der Waals surface area contributed by atoms with Crippen LogP contribution in [0.15, 0.2) is 52.3 Å². The summed E-state index contributed by atoms with van der Waals surface area (Å²) in [5.41, 5.74) is -0.168. The van der Waals surface area contributed by atoms with Gasteiger partial charge in [-0.05, 0) is 18.2 Å². The van der Waals surface area contributed by atoms with E-state index in [-0.39, 0.29) is 16.8 Å². The highest BCUT2D eigenvalue weighted by Crippen LogP contribution is 2.33. The summed E-state index contributed by atoms with van der Waals surface area (Å²) in [6, 6.07) is 8.66. The van der Waals surface area contributed by atoms with Crippen LogP contribution in [0, 0.1) is 0 Å². The molecule has 2 aromatic rings. The summed E-state index contributed by atoms with van der Waals surface area (Å²) in [6.07, 6.45) is 0.314. The molecule has 0 heterocycles. The lowest BCUT2D eigenvalue weighted by molar-refractivity contribution is -0.105. The molecule has 23 heavy (non-hydrogen) atoms. The Hall–Kier alpha value is -2.27. The predicted octanol–water partition coefficient (Wildman–Crippen LogP) is 1.42. The van der Waals surface area contributed by atoms with Gasteiger partial charge in [-0.3, -0.25) is 13.9 Å². The third-order valence-corrected chi connectivity index (χ3v) is 4.75. The van der Waals surface area contributed by atoms with Crippen LogP contribution >= 0.6 is 0 Å². The number of anilines is 1. The Morgan fingerprint density at radius 2 is 1.39 bits per heavy atom. The van der Waals surface area contributed by atoms with Gasteiger partial charge in [-0.1, -0.05) is 24.3 Å². The van der Waals surface area contributed by atoms with Gasteiger partial charge >= 0.3 is 0 Å². The molecule has 0 aliphatic rings. The molecule has 0 aromatic heterocycles. The molecule has 2 rings (SSSR count). The van der Waals surface area contributed by atoms with Gasteiger partial charge in [0.15, 0.2) is 0 Å². The molecule has 8 nitrogen and oxygen atoms in total. The summed E-state index contributed by atoms with van der Waals surface area (Å²) < 4.78 is 64.7. The number of amides is 1. The Kier molecular flexibility index (Phi) is 4.52. The number of benzene rings is 2. The van der Waals surface area contributed by atoms with Gasteiger partial charge in [0.2, 0.25) is 6.41 Å². The third kappa shape index (κ3) is 3.74. The maximum Gasteiger partial charge on any atom is 0.295 e. The van der Waals surface area contributed by atoms with Crippen molar-refractivity contribution < 1.29 is 30.7 Å². The van der Waals surface area contributed by atoms with Gasteiger partial charge in [0.25, 0.3) is 20.2 Å². The Labute approximate surface area is 132 Å². The standard InChI is InChI=1S/C13H11NO7S2/c15-8-14-9-5-6-11(13(7-9)23(19,20)21)10-3-1-2-4-12(10)22(16,17)18/h1-8H,(H,14,15)(H,16,17,18)(H,19,20,21). The lowest BCUT2D eigenvalue weighted by Gasteiger charge is -2.12. The van der Waals surface area contributed by atoms with E-state index in [0.29, 0.717) is 6.41 Å². The Bertz CT molecular complexity index is 966. The number of hydrogen-bond donors (Lipinski definition) is 3. The van der Waals surface area contributed by atoms with Crippen molar-refractivity contribution >= 4 is 32.3 Å². The number of carbonyl (C=O) groups is 1. The molecule has 122 valence electrons. The number of nitrogens with one attached hydrogen (secondary N) is 1. The van der Waals surface area contributed by atoms with Crippen molar-refractivity contribution in [3.05, 3.63) is 42.5 Å². The van der Waals surface area contributed by atoms with Gasteiger partial charge in [-0.15, -0.1) is 0 Å². The zero-order valence-electron chi connectivity index (χ0n) is 11.4. The molecule has 0 saturated carbocycles. The van der Waals surface area contributed by atoms with Crippen LogP contribution in [0.4, 0.5) is 5.69 Å². The minimum absolute atomic E-state index is 0.0840. The van der Waals surface area contributed by atoms with E-state index < -0.39 is 30.0 Å². The lowest BCUT2D eigenvalue weighted by atomic mass is 10.1. The average Bonchev–Trinajstić information content (AvgIpc) is 2.46. The van der Waals surface area contributed by atoms with E-state index in [2.05, 4.69) is 5.32 Å². The van der Waals surface area contributed by atoms with Crippen LogP contribution < -0.4 is 5.32 Å². The SMILES string of the molecule is O=CNc1ccc(-c2ccccc2S(=O)(=O)O)c(S(=O)(=O)O)c1. The summed E-state index contributed by atoms with van der Waals surface area (Å²) >= 11 is 0. The van der Waals surface area contributed by atoms with Crippen molar-refractivity contribution in [3.8, 4) is 11.1 Å². The minimum atomic E-state index is -4.72. The number of carbonyl (C=O) groups excluding carboxylic acids is 1.